The first-order valence-electron chi connectivity index (χ1n) is 7.32. The molecular weight excluding hydrogens is 288 g/mol. The third kappa shape index (κ3) is 5.13. The predicted molar refractivity (Wildman–Crippen MR) is 82.6 cm³/mol. The summed E-state index contributed by atoms with van der Waals surface area (Å²) in [5.74, 6) is -0.248. The first-order chi connectivity index (χ1) is 10.0. The van der Waals surface area contributed by atoms with Gasteiger partial charge in [0.1, 0.15) is 4.88 Å². The summed E-state index contributed by atoms with van der Waals surface area (Å²) in [6.07, 6.45) is 3.91. The van der Waals surface area contributed by atoms with Gasteiger partial charge in [-0.1, -0.05) is 0 Å². The molecule has 116 valence electrons. The summed E-state index contributed by atoms with van der Waals surface area (Å²) in [7, 11) is 2.13. The highest BCUT2D eigenvalue weighted by Crippen LogP contribution is 2.20. The summed E-state index contributed by atoms with van der Waals surface area (Å²) in [6, 6.07) is 3.33. The van der Waals surface area contributed by atoms with E-state index in [4.69, 9.17) is 5.11 Å². The van der Waals surface area contributed by atoms with Crippen LogP contribution in [-0.4, -0.2) is 42.0 Å². The molecule has 0 bridgehead atoms. The molecule has 1 aromatic heterocycles. The van der Waals surface area contributed by atoms with E-state index in [2.05, 4.69) is 17.3 Å². The number of thiophene rings is 1. The van der Waals surface area contributed by atoms with Crippen LogP contribution in [0.5, 0.6) is 0 Å². The fraction of sp³-hybridized carbons (Fsp3) is 0.600. The number of piperidine rings is 1. The van der Waals surface area contributed by atoms with Crippen LogP contribution < -0.4 is 5.32 Å². The van der Waals surface area contributed by atoms with Gasteiger partial charge in [-0.15, -0.1) is 11.3 Å². The van der Waals surface area contributed by atoms with Gasteiger partial charge in [-0.25, -0.2) is 4.79 Å². The monoisotopic (exact) mass is 310 g/mol. The number of nitrogens with zero attached hydrogens (tertiary/aromatic N) is 1. The van der Waals surface area contributed by atoms with Crippen LogP contribution in [0.3, 0.4) is 0 Å². The summed E-state index contributed by atoms with van der Waals surface area (Å²) in [6.45, 7) is 2.66. The number of nitrogens with one attached hydrogen (secondary N) is 1. The van der Waals surface area contributed by atoms with Crippen LogP contribution in [0.25, 0.3) is 0 Å². The summed E-state index contributed by atoms with van der Waals surface area (Å²) >= 11 is 1.21. The number of likely N-dealkylation sites (tertiary alicyclic amines) is 1. The lowest BCUT2D eigenvalue weighted by molar-refractivity contribution is -0.121. The average Bonchev–Trinajstić information content (AvgIpc) is 2.92. The van der Waals surface area contributed by atoms with Crippen molar-refractivity contribution in [2.24, 2.45) is 5.92 Å². The maximum absolute atomic E-state index is 11.8. The normalized spacial score (nSPS) is 19.4. The number of hydrogen-bond acceptors (Lipinski definition) is 4. The Morgan fingerprint density at radius 2 is 2.29 bits per heavy atom. The van der Waals surface area contributed by atoms with Crippen LogP contribution in [0.15, 0.2) is 12.1 Å². The number of carbonyl (C=O) groups is 2. The molecular formula is C15H22N2O3S. The topological polar surface area (TPSA) is 69.6 Å². The summed E-state index contributed by atoms with van der Waals surface area (Å²) in [4.78, 5) is 26.1. The SMILES string of the molecule is CN1CCCC(CCC(=O)NCc2ccc(C(=O)O)s2)C1. The van der Waals surface area contributed by atoms with E-state index in [1.54, 1.807) is 12.1 Å². The van der Waals surface area contributed by atoms with Gasteiger partial charge in [0.15, 0.2) is 0 Å². The van der Waals surface area contributed by atoms with Gasteiger partial charge in [0.05, 0.1) is 6.54 Å². The third-order valence-corrected chi connectivity index (χ3v) is 4.91. The maximum atomic E-state index is 11.8. The van der Waals surface area contributed by atoms with E-state index in [1.807, 2.05) is 0 Å². The van der Waals surface area contributed by atoms with E-state index in [0.29, 0.717) is 23.8 Å². The molecule has 1 unspecified atom stereocenters. The van der Waals surface area contributed by atoms with Gasteiger partial charge >= 0.3 is 5.97 Å². The van der Waals surface area contributed by atoms with Crippen LogP contribution in [0.4, 0.5) is 0 Å². The molecule has 1 atom stereocenters. The highest BCUT2D eigenvalue weighted by atomic mass is 32.1. The van der Waals surface area contributed by atoms with Gasteiger partial charge in [-0.2, -0.15) is 0 Å². The molecule has 2 N–H and O–H groups in total. The van der Waals surface area contributed by atoms with Crippen molar-refractivity contribution < 1.29 is 14.7 Å². The Bertz CT molecular complexity index is 501. The number of rotatable bonds is 6. The summed E-state index contributed by atoms with van der Waals surface area (Å²) < 4.78 is 0. The van der Waals surface area contributed by atoms with Crippen LogP contribution >= 0.6 is 11.3 Å². The zero-order chi connectivity index (χ0) is 15.2. The number of carboxylic acids is 1. The Labute approximate surface area is 129 Å². The van der Waals surface area contributed by atoms with Gasteiger partial charge in [0.2, 0.25) is 5.91 Å². The highest BCUT2D eigenvalue weighted by molar-refractivity contribution is 7.13. The molecule has 6 heteroatoms. The second-order valence-electron chi connectivity index (χ2n) is 5.66. The number of aromatic carboxylic acids is 1. The van der Waals surface area contributed by atoms with Crippen molar-refractivity contribution in [2.75, 3.05) is 20.1 Å². The van der Waals surface area contributed by atoms with Crippen molar-refractivity contribution in [1.82, 2.24) is 10.2 Å². The molecule has 1 amide bonds. The smallest absolute Gasteiger partial charge is 0.345 e. The standard InChI is InChI=1S/C15H22N2O3S/c1-17-8-2-3-11(10-17)4-7-14(18)16-9-12-5-6-13(21-12)15(19)20/h5-6,11H,2-4,7-10H2,1H3,(H,16,18)(H,19,20). The van der Waals surface area contributed by atoms with E-state index >= 15 is 0 Å². The second-order valence-corrected chi connectivity index (χ2v) is 6.83. The summed E-state index contributed by atoms with van der Waals surface area (Å²) in [5.41, 5.74) is 0. The van der Waals surface area contributed by atoms with Gasteiger partial charge in [0.25, 0.3) is 0 Å². The molecule has 0 spiro atoms. The Balaban J connectivity index is 1.68. The first kappa shape index (κ1) is 16.0. The molecule has 1 fully saturated rings. The first-order valence-corrected chi connectivity index (χ1v) is 8.13. The molecule has 0 radical (unpaired) electrons. The Morgan fingerprint density at radius 1 is 1.48 bits per heavy atom. The van der Waals surface area contributed by atoms with Crippen molar-refractivity contribution in [3.05, 3.63) is 21.9 Å². The van der Waals surface area contributed by atoms with Crippen molar-refractivity contribution in [3.8, 4) is 0 Å². The van der Waals surface area contributed by atoms with Crippen molar-refractivity contribution in [3.63, 3.8) is 0 Å². The van der Waals surface area contributed by atoms with Crippen LogP contribution in [0, 0.1) is 5.92 Å². The van der Waals surface area contributed by atoms with Crippen molar-refractivity contribution >= 4 is 23.2 Å². The number of carbonyl (C=O) groups excluding carboxylic acids is 1. The molecule has 1 aliphatic heterocycles. The van der Waals surface area contributed by atoms with E-state index in [9.17, 15) is 9.59 Å². The Kier molecular flexibility index (Phi) is 5.76. The molecule has 21 heavy (non-hydrogen) atoms. The molecule has 0 saturated carbocycles. The lowest BCUT2D eigenvalue weighted by atomic mass is 9.93. The number of amides is 1. The minimum absolute atomic E-state index is 0.0495. The minimum atomic E-state index is -0.918. The number of carboxylic acid groups (broad SMARTS) is 1. The predicted octanol–water partition coefficient (Wildman–Crippen LogP) is 2.18. The molecule has 2 heterocycles. The largest absolute Gasteiger partial charge is 0.477 e. The fourth-order valence-corrected chi connectivity index (χ4v) is 3.49. The molecule has 1 aliphatic rings. The minimum Gasteiger partial charge on any atom is -0.477 e. The van der Waals surface area contributed by atoms with E-state index < -0.39 is 5.97 Å². The Morgan fingerprint density at radius 3 is 2.95 bits per heavy atom. The van der Waals surface area contributed by atoms with Crippen molar-refractivity contribution in [2.45, 2.75) is 32.2 Å². The van der Waals surface area contributed by atoms with Crippen LogP contribution in [0.2, 0.25) is 0 Å². The lowest BCUT2D eigenvalue weighted by Gasteiger charge is -2.29. The second kappa shape index (κ2) is 7.56. The highest BCUT2D eigenvalue weighted by Gasteiger charge is 2.18. The lowest BCUT2D eigenvalue weighted by Crippen LogP contribution is -2.33. The third-order valence-electron chi connectivity index (χ3n) is 3.83. The zero-order valence-electron chi connectivity index (χ0n) is 12.3. The van der Waals surface area contributed by atoms with Crippen LogP contribution in [0.1, 0.15) is 40.2 Å². The zero-order valence-corrected chi connectivity index (χ0v) is 13.1. The summed E-state index contributed by atoms with van der Waals surface area (Å²) in [5, 5.41) is 11.7. The van der Waals surface area contributed by atoms with Crippen LogP contribution in [-0.2, 0) is 11.3 Å². The van der Waals surface area contributed by atoms with E-state index in [-0.39, 0.29) is 5.91 Å². The Hall–Kier alpha value is -1.40. The van der Waals surface area contributed by atoms with Gasteiger partial charge in [-0.05, 0) is 50.9 Å². The molecule has 0 aromatic carbocycles. The fourth-order valence-electron chi connectivity index (χ4n) is 2.71. The number of hydrogen-bond donors (Lipinski definition) is 2. The molecule has 0 aliphatic carbocycles. The quantitative estimate of drug-likeness (QED) is 0.845. The van der Waals surface area contributed by atoms with E-state index in [0.717, 1.165) is 24.4 Å². The molecule has 1 aromatic rings. The van der Waals surface area contributed by atoms with Gasteiger partial charge in [-0.3, -0.25) is 4.79 Å². The van der Waals surface area contributed by atoms with Crippen molar-refractivity contribution in [1.29, 1.82) is 0 Å². The van der Waals surface area contributed by atoms with E-state index in [1.165, 1.54) is 24.2 Å². The van der Waals surface area contributed by atoms with Gasteiger partial charge in [0, 0.05) is 17.8 Å². The van der Waals surface area contributed by atoms with Gasteiger partial charge < -0.3 is 15.3 Å². The maximum Gasteiger partial charge on any atom is 0.345 e. The average molecular weight is 310 g/mol. The molecule has 5 nitrogen and oxygen atoms in total. The molecule has 1 saturated heterocycles. The molecule has 2 rings (SSSR count).